The number of alkyl halides is 3. The van der Waals surface area contributed by atoms with E-state index < -0.39 is 18.8 Å². The zero-order valence-electron chi connectivity index (χ0n) is 11.0. The highest BCUT2D eigenvalue weighted by molar-refractivity contribution is 5.73. The third-order valence-electron chi connectivity index (χ3n) is 2.51. The van der Waals surface area contributed by atoms with Crippen molar-refractivity contribution < 1.29 is 18.0 Å². The zero-order valence-corrected chi connectivity index (χ0v) is 11.0. The molecular weight excluding hydrogens is 275 g/mol. The summed E-state index contributed by atoms with van der Waals surface area (Å²) in [5, 5.41) is 2.37. The Balaban J connectivity index is 2.29. The predicted molar refractivity (Wildman–Crippen MR) is 67.4 cm³/mol. The van der Waals surface area contributed by atoms with Crippen molar-refractivity contribution in [3.63, 3.8) is 0 Å². The number of aryl methyl sites for hydroxylation is 1. The van der Waals surface area contributed by atoms with Gasteiger partial charge in [0, 0.05) is 32.4 Å². The molecule has 0 saturated heterocycles. The van der Waals surface area contributed by atoms with E-state index in [4.69, 9.17) is 0 Å². The summed E-state index contributed by atoms with van der Waals surface area (Å²) in [7, 11) is 1.07. The van der Waals surface area contributed by atoms with Crippen LogP contribution >= 0.6 is 0 Å². The molecule has 8 heteroatoms. The van der Waals surface area contributed by atoms with Crippen LogP contribution in [-0.4, -0.2) is 41.8 Å². The van der Waals surface area contributed by atoms with E-state index in [1.807, 2.05) is 0 Å². The third-order valence-corrected chi connectivity index (χ3v) is 2.51. The standard InChI is InChI=1S/C12H16F3N3O2/c1-17(9-12(13,14)15)11(20)16-6-4-8-18-7-3-2-5-10(18)19/h2-3,5,7H,4,6,8-9H2,1H3,(H,16,20). The summed E-state index contributed by atoms with van der Waals surface area (Å²) >= 11 is 0. The molecule has 0 atom stereocenters. The fourth-order valence-electron chi connectivity index (χ4n) is 1.57. The van der Waals surface area contributed by atoms with Gasteiger partial charge in [0.25, 0.3) is 0 Å². The van der Waals surface area contributed by atoms with Crippen molar-refractivity contribution in [1.29, 1.82) is 0 Å². The first-order valence-corrected chi connectivity index (χ1v) is 6.01. The molecule has 0 fully saturated rings. The zero-order chi connectivity index (χ0) is 15.2. The number of amides is 2. The Morgan fingerprint density at radius 1 is 1.40 bits per heavy atom. The van der Waals surface area contributed by atoms with Gasteiger partial charge in [-0.15, -0.1) is 0 Å². The summed E-state index contributed by atoms with van der Waals surface area (Å²) in [4.78, 5) is 23.3. The van der Waals surface area contributed by atoms with Gasteiger partial charge in [-0.1, -0.05) is 6.07 Å². The van der Waals surface area contributed by atoms with Crippen LogP contribution in [0, 0.1) is 0 Å². The van der Waals surface area contributed by atoms with Gasteiger partial charge in [-0.05, 0) is 12.5 Å². The van der Waals surface area contributed by atoms with Gasteiger partial charge in [-0.2, -0.15) is 13.2 Å². The van der Waals surface area contributed by atoms with Gasteiger partial charge in [-0.25, -0.2) is 4.79 Å². The first-order chi connectivity index (χ1) is 9.29. The van der Waals surface area contributed by atoms with Crippen LogP contribution in [0.4, 0.5) is 18.0 Å². The quantitative estimate of drug-likeness (QED) is 0.835. The van der Waals surface area contributed by atoms with Gasteiger partial charge in [0.1, 0.15) is 6.54 Å². The highest BCUT2D eigenvalue weighted by Gasteiger charge is 2.30. The summed E-state index contributed by atoms with van der Waals surface area (Å²) in [6.07, 6.45) is -2.35. The van der Waals surface area contributed by atoms with Crippen molar-refractivity contribution in [3.8, 4) is 0 Å². The minimum Gasteiger partial charge on any atom is -0.338 e. The molecule has 1 N–H and O–H groups in total. The Kier molecular flexibility index (Phi) is 5.60. The molecule has 1 aromatic heterocycles. The van der Waals surface area contributed by atoms with Gasteiger partial charge in [0.15, 0.2) is 0 Å². The number of halogens is 3. The molecule has 112 valence electrons. The number of carbonyl (C=O) groups is 1. The molecule has 0 spiro atoms. The Hall–Kier alpha value is -1.99. The molecule has 0 aromatic carbocycles. The maximum Gasteiger partial charge on any atom is 0.406 e. The Morgan fingerprint density at radius 3 is 2.70 bits per heavy atom. The molecule has 0 radical (unpaired) electrons. The van der Waals surface area contributed by atoms with E-state index in [0.717, 1.165) is 7.05 Å². The minimum absolute atomic E-state index is 0.159. The number of urea groups is 1. The van der Waals surface area contributed by atoms with E-state index in [1.165, 1.54) is 10.6 Å². The molecule has 0 aliphatic rings. The predicted octanol–water partition coefficient (Wildman–Crippen LogP) is 1.44. The van der Waals surface area contributed by atoms with Crippen molar-refractivity contribution >= 4 is 6.03 Å². The maximum absolute atomic E-state index is 12.1. The molecule has 20 heavy (non-hydrogen) atoms. The van der Waals surface area contributed by atoms with Crippen molar-refractivity contribution in [2.45, 2.75) is 19.1 Å². The molecule has 0 bridgehead atoms. The van der Waals surface area contributed by atoms with Crippen molar-refractivity contribution in [3.05, 3.63) is 34.7 Å². The van der Waals surface area contributed by atoms with Crippen LogP contribution in [0.3, 0.4) is 0 Å². The molecule has 0 aliphatic heterocycles. The van der Waals surface area contributed by atoms with E-state index in [2.05, 4.69) is 5.32 Å². The molecule has 5 nitrogen and oxygen atoms in total. The highest BCUT2D eigenvalue weighted by Crippen LogP contribution is 2.15. The number of nitrogens with one attached hydrogen (secondary N) is 1. The number of rotatable bonds is 5. The maximum atomic E-state index is 12.1. The number of hydrogen-bond acceptors (Lipinski definition) is 2. The molecule has 0 unspecified atom stereocenters. The lowest BCUT2D eigenvalue weighted by Crippen LogP contribution is -2.42. The first-order valence-electron chi connectivity index (χ1n) is 6.01. The molecule has 1 aromatic rings. The lowest BCUT2D eigenvalue weighted by Gasteiger charge is -2.19. The molecule has 1 rings (SSSR count). The van der Waals surface area contributed by atoms with E-state index in [9.17, 15) is 22.8 Å². The number of hydrogen-bond donors (Lipinski definition) is 1. The minimum atomic E-state index is -4.41. The Bertz CT molecular complexity index is 499. The number of carbonyl (C=O) groups excluding carboxylic acids is 1. The Morgan fingerprint density at radius 2 is 2.10 bits per heavy atom. The van der Waals surface area contributed by atoms with Crippen molar-refractivity contribution in [2.75, 3.05) is 20.1 Å². The van der Waals surface area contributed by atoms with Crippen LogP contribution in [0.2, 0.25) is 0 Å². The summed E-state index contributed by atoms with van der Waals surface area (Å²) in [6.45, 7) is -0.706. The second-order valence-corrected chi connectivity index (χ2v) is 4.29. The largest absolute Gasteiger partial charge is 0.406 e. The molecule has 0 aliphatic carbocycles. The number of aromatic nitrogens is 1. The second-order valence-electron chi connectivity index (χ2n) is 4.29. The number of nitrogens with zero attached hydrogens (tertiary/aromatic N) is 2. The average Bonchev–Trinajstić information content (AvgIpc) is 2.34. The summed E-state index contributed by atoms with van der Waals surface area (Å²) in [5.74, 6) is 0. The van der Waals surface area contributed by atoms with Crippen LogP contribution in [-0.2, 0) is 6.54 Å². The fraction of sp³-hybridized carbons (Fsp3) is 0.500. The normalized spacial score (nSPS) is 11.2. The van der Waals surface area contributed by atoms with Crippen molar-refractivity contribution in [1.82, 2.24) is 14.8 Å². The van der Waals surface area contributed by atoms with Crippen LogP contribution in [0.25, 0.3) is 0 Å². The lowest BCUT2D eigenvalue weighted by molar-refractivity contribution is -0.137. The molecular formula is C12H16F3N3O2. The van der Waals surface area contributed by atoms with E-state index in [1.54, 1.807) is 18.3 Å². The van der Waals surface area contributed by atoms with Crippen LogP contribution in [0.1, 0.15) is 6.42 Å². The van der Waals surface area contributed by atoms with E-state index in [0.29, 0.717) is 17.9 Å². The third kappa shape index (κ3) is 5.77. The highest BCUT2D eigenvalue weighted by atomic mass is 19.4. The second kappa shape index (κ2) is 6.97. The van der Waals surface area contributed by atoms with Gasteiger partial charge < -0.3 is 14.8 Å². The van der Waals surface area contributed by atoms with Gasteiger partial charge in [0.05, 0.1) is 0 Å². The van der Waals surface area contributed by atoms with Gasteiger partial charge in [0.2, 0.25) is 5.56 Å². The average molecular weight is 291 g/mol. The summed E-state index contributed by atoms with van der Waals surface area (Å²) < 4.78 is 37.6. The monoisotopic (exact) mass is 291 g/mol. The summed E-state index contributed by atoms with van der Waals surface area (Å²) in [6, 6.07) is 3.95. The van der Waals surface area contributed by atoms with Crippen LogP contribution in [0.15, 0.2) is 29.2 Å². The smallest absolute Gasteiger partial charge is 0.338 e. The molecule has 1 heterocycles. The summed E-state index contributed by atoms with van der Waals surface area (Å²) in [5.41, 5.74) is -0.159. The SMILES string of the molecule is CN(CC(F)(F)F)C(=O)NCCCn1ccccc1=O. The van der Waals surface area contributed by atoms with E-state index >= 15 is 0 Å². The van der Waals surface area contributed by atoms with Gasteiger partial charge in [-0.3, -0.25) is 4.79 Å². The lowest BCUT2D eigenvalue weighted by atomic mass is 10.4. The topological polar surface area (TPSA) is 54.3 Å². The van der Waals surface area contributed by atoms with Crippen molar-refractivity contribution in [2.24, 2.45) is 0 Å². The molecule has 0 saturated carbocycles. The number of pyridine rings is 1. The fourth-order valence-corrected chi connectivity index (χ4v) is 1.57. The van der Waals surface area contributed by atoms with Crippen LogP contribution < -0.4 is 10.9 Å². The first kappa shape index (κ1) is 16.1. The molecule has 2 amide bonds. The van der Waals surface area contributed by atoms with E-state index in [-0.39, 0.29) is 12.1 Å². The Labute approximate surface area is 114 Å². The van der Waals surface area contributed by atoms with Gasteiger partial charge >= 0.3 is 12.2 Å². The van der Waals surface area contributed by atoms with Crippen LogP contribution in [0.5, 0.6) is 0 Å².